The number of rotatable bonds is 7. The third-order valence-corrected chi connectivity index (χ3v) is 3.54. The second-order valence-corrected chi connectivity index (χ2v) is 5.65. The third kappa shape index (κ3) is 4.31. The molecule has 1 aromatic heterocycles. The van der Waals surface area contributed by atoms with Gasteiger partial charge in [-0.15, -0.1) is 5.10 Å². The highest BCUT2D eigenvalue weighted by Gasteiger charge is 2.09. The van der Waals surface area contributed by atoms with Gasteiger partial charge in [0.25, 0.3) is 0 Å². The Bertz CT molecular complexity index is 611. The van der Waals surface area contributed by atoms with E-state index in [1.807, 2.05) is 25.1 Å². The Morgan fingerprint density at radius 3 is 2.59 bits per heavy atom. The van der Waals surface area contributed by atoms with Crippen molar-refractivity contribution in [1.82, 2.24) is 15.2 Å². The number of benzene rings is 1. The first-order valence-corrected chi connectivity index (χ1v) is 7.99. The standard InChI is InChI=1S/C16H22ClN5/c1-4-8-22(9-5-2)15-11-18-21-16(20-15)19-14-10-13(17)7-6-12(14)3/h6-7,10-11H,4-5,8-9H2,1-3H3,(H,19,20,21). The average Bonchev–Trinajstić information content (AvgIpc) is 2.51. The predicted octanol–water partition coefficient (Wildman–Crippen LogP) is 4.20. The van der Waals surface area contributed by atoms with Crippen LogP contribution in [0.5, 0.6) is 0 Å². The Kier molecular flexibility index (Phi) is 5.95. The summed E-state index contributed by atoms with van der Waals surface area (Å²) in [5, 5.41) is 12.0. The Morgan fingerprint density at radius 1 is 1.18 bits per heavy atom. The van der Waals surface area contributed by atoms with E-state index in [1.54, 1.807) is 6.20 Å². The highest BCUT2D eigenvalue weighted by molar-refractivity contribution is 6.30. The monoisotopic (exact) mass is 319 g/mol. The fraction of sp³-hybridized carbons (Fsp3) is 0.438. The van der Waals surface area contributed by atoms with Gasteiger partial charge in [-0.05, 0) is 37.5 Å². The van der Waals surface area contributed by atoms with Crippen LogP contribution in [0.3, 0.4) is 0 Å². The van der Waals surface area contributed by atoms with Crippen LogP contribution in [0.15, 0.2) is 24.4 Å². The first-order valence-electron chi connectivity index (χ1n) is 7.61. The molecule has 0 fully saturated rings. The van der Waals surface area contributed by atoms with Gasteiger partial charge in [-0.1, -0.05) is 31.5 Å². The van der Waals surface area contributed by atoms with Gasteiger partial charge in [-0.25, -0.2) is 0 Å². The van der Waals surface area contributed by atoms with Crippen LogP contribution in [0.2, 0.25) is 5.02 Å². The van der Waals surface area contributed by atoms with E-state index in [2.05, 4.69) is 39.2 Å². The van der Waals surface area contributed by atoms with Gasteiger partial charge in [-0.2, -0.15) is 10.1 Å². The zero-order valence-electron chi connectivity index (χ0n) is 13.3. The van der Waals surface area contributed by atoms with E-state index >= 15 is 0 Å². The molecule has 0 amide bonds. The molecule has 1 heterocycles. The number of hydrogen-bond donors (Lipinski definition) is 1. The maximum Gasteiger partial charge on any atom is 0.249 e. The Labute approximate surface area is 136 Å². The molecule has 0 bridgehead atoms. The number of anilines is 3. The van der Waals surface area contributed by atoms with Crippen molar-refractivity contribution in [3.8, 4) is 0 Å². The molecular weight excluding hydrogens is 298 g/mol. The summed E-state index contributed by atoms with van der Waals surface area (Å²) in [4.78, 5) is 6.80. The summed E-state index contributed by atoms with van der Waals surface area (Å²) in [5.74, 6) is 1.33. The summed E-state index contributed by atoms with van der Waals surface area (Å²) in [5.41, 5.74) is 1.97. The Hall–Kier alpha value is -1.88. The summed E-state index contributed by atoms with van der Waals surface area (Å²) >= 11 is 6.04. The molecule has 0 radical (unpaired) electrons. The SMILES string of the molecule is CCCN(CCC)c1cnnc(Nc2cc(Cl)ccc2C)n1. The third-order valence-electron chi connectivity index (χ3n) is 3.30. The topological polar surface area (TPSA) is 53.9 Å². The summed E-state index contributed by atoms with van der Waals surface area (Å²) in [6.07, 6.45) is 3.85. The quantitative estimate of drug-likeness (QED) is 0.828. The minimum absolute atomic E-state index is 0.486. The highest BCUT2D eigenvalue weighted by atomic mass is 35.5. The maximum absolute atomic E-state index is 6.04. The minimum atomic E-state index is 0.486. The van der Waals surface area contributed by atoms with Crippen LogP contribution in [-0.2, 0) is 0 Å². The van der Waals surface area contributed by atoms with Crippen LogP contribution in [0.4, 0.5) is 17.5 Å². The van der Waals surface area contributed by atoms with Crippen molar-refractivity contribution in [2.45, 2.75) is 33.6 Å². The smallest absolute Gasteiger partial charge is 0.249 e. The zero-order chi connectivity index (χ0) is 15.9. The van der Waals surface area contributed by atoms with Gasteiger partial charge in [-0.3, -0.25) is 0 Å². The molecule has 0 aliphatic rings. The molecule has 1 N–H and O–H groups in total. The number of aromatic nitrogens is 3. The van der Waals surface area contributed by atoms with Crippen molar-refractivity contribution in [3.05, 3.63) is 35.0 Å². The molecule has 2 aromatic rings. The van der Waals surface area contributed by atoms with Crippen LogP contribution < -0.4 is 10.2 Å². The van der Waals surface area contributed by atoms with E-state index < -0.39 is 0 Å². The zero-order valence-corrected chi connectivity index (χ0v) is 14.1. The van der Waals surface area contributed by atoms with Crippen molar-refractivity contribution in [3.63, 3.8) is 0 Å². The van der Waals surface area contributed by atoms with E-state index in [9.17, 15) is 0 Å². The molecule has 0 aliphatic carbocycles. The molecule has 0 atom stereocenters. The van der Waals surface area contributed by atoms with E-state index in [4.69, 9.17) is 11.6 Å². The van der Waals surface area contributed by atoms with E-state index in [1.165, 1.54) is 0 Å². The lowest BCUT2D eigenvalue weighted by molar-refractivity contribution is 0.728. The van der Waals surface area contributed by atoms with Crippen molar-refractivity contribution in [2.24, 2.45) is 0 Å². The van der Waals surface area contributed by atoms with Crippen molar-refractivity contribution in [2.75, 3.05) is 23.3 Å². The lowest BCUT2D eigenvalue weighted by Crippen LogP contribution is -2.26. The van der Waals surface area contributed by atoms with Gasteiger partial charge in [0, 0.05) is 23.8 Å². The maximum atomic E-state index is 6.04. The Morgan fingerprint density at radius 2 is 1.91 bits per heavy atom. The second-order valence-electron chi connectivity index (χ2n) is 5.21. The number of halogens is 1. The molecule has 22 heavy (non-hydrogen) atoms. The average molecular weight is 320 g/mol. The van der Waals surface area contributed by atoms with Crippen molar-refractivity contribution >= 4 is 29.1 Å². The van der Waals surface area contributed by atoms with Gasteiger partial charge in [0.2, 0.25) is 5.95 Å². The van der Waals surface area contributed by atoms with Crippen LogP contribution >= 0.6 is 11.6 Å². The van der Waals surface area contributed by atoms with Gasteiger partial charge < -0.3 is 10.2 Å². The first kappa shape index (κ1) is 16.5. The summed E-state index contributed by atoms with van der Waals surface area (Å²) < 4.78 is 0. The summed E-state index contributed by atoms with van der Waals surface area (Å²) in [6, 6.07) is 5.69. The number of hydrogen-bond acceptors (Lipinski definition) is 5. The second kappa shape index (κ2) is 7.94. The molecule has 0 saturated heterocycles. The molecule has 2 rings (SSSR count). The van der Waals surface area contributed by atoms with Crippen LogP contribution in [-0.4, -0.2) is 28.3 Å². The molecule has 0 aliphatic heterocycles. The number of aryl methyl sites for hydroxylation is 1. The molecule has 6 heteroatoms. The van der Waals surface area contributed by atoms with E-state index in [0.717, 1.165) is 43.0 Å². The normalized spacial score (nSPS) is 10.5. The van der Waals surface area contributed by atoms with E-state index in [0.29, 0.717) is 11.0 Å². The van der Waals surface area contributed by atoms with Crippen LogP contribution in [0.1, 0.15) is 32.3 Å². The summed E-state index contributed by atoms with van der Waals surface area (Å²) in [7, 11) is 0. The Balaban J connectivity index is 2.22. The van der Waals surface area contributed by atoms with Gasteiger partial charge >= 0.3 is 0 Å². The summed E-state index contributed by atoms with van der Waals surface area (Å²) in [6.45, 7) is 8.25. The van der Waals surface area contributed by atoms with Gasteiger partial charge in [0.1, 0.15) is 0 Å². The molecule has 5 nitrogen and oxygen atoms in total. The van der Waals surface area contributed by atoms with Crippen LogP contribution in [0.25, 0.3) is 0 Å². The lowest BCUT2D eigenvalue weighted by Gasteiger charge is -2.22. The van der Waals surface area contributed by atoms with Crippen LogP contribution in [0, 0.1) is 6.92 Å². The minimum Gasteiger partial charge on any atom is -0.355 e. The fourth-order valence-electron chi connectivity index (χ4n) is 2.23. The fourth-order valence-corrected chi connectivity index (χ4v) is 2.40. The molecule has 0 saturated carbocycles. The predicted molar refractivity (Wildman–Crippen MR) is 92.1 cm³/mol. The largest absolute Gasteiger partial charge is 0.355 e. The highest BCUT2D eigenvalue weighted by Crippen LogP contribution is 2.23. The molecule has 1 aromatic carbocycles. The van der Waals surface area contributed by atoms with Gasteiger partial charge in [0.15, 0.2) is 5.82 Å². The first-order chi connectivity index (χ1) is 10.6. The molecule has 118 valence electrons. The molecule has 0 spiro atoms. The molecule has 0 unspecified atom stereocenters. The lowest BCUT2D eigenvalue weighted by atomic mass is 10.2. The van der Waals surface area contributed by atoms with E-state index in [-0.39, 0.29) is 0 Å². The van der Waals surface area contributed by atoms with Gasteiger partial charge in [0.05, 0.1) is 6.20 Å². The van der Waals surface area contributed by atoms with Crippen molar-refractivity contribution < 1.29 is 0 Å². The molecular formula is C16H22ClN5. The number of nitrogens with zero attached hydrogens (tertiary/aromatic N) is 4. The number of nitrogens with one attached hydrogen (secondary N) is 1. The van der Waals surface area contributed by atoms with Crippen molar-refractivity contribution in [1.29, 1.82) is 0 Å².